The number of nitrogens with one attached hydrogen (secondary N) is 1. The molecule has 3 aromatic rings. The van der Waals surface area contributed by atoms with E-state index in [2.05, 4.69) is 15.3 Å². The van der Waals surface area contributed by atoms with Gasteiger partial charge in [-0.25, -0.2) is 9.48 Å². The molecule has 0 spiro atoms. The van der Waals surface area contributed by atoms with Crippen LogP contribution >= 0.6 is 0 Å². The lowest BCUT2D eigenvalue weighted by Gasteiger charge is -2.26. The Balaban J connectivity index is 1.33. The molecule has 1 aliphatic rings. The number of hydrogen-bond donors (Lipinski definition) is 2. The fourth-order valence-corrected chi connectivity index (χ4v) is 3.77. The predicted octanol–water partition coefficient (Wildman–Crippen LogP) is 2.81. The van der Waals surface area contributed by atoms with Gasteiger partial charge in [0.15, 0.2) is 0 Å². The molecule has 1 aromatic heterocycles. The highest BCUT2D eigenvalue weighted by molar-refractivity contribution is 5.84. The lowest BCUT2D eigenvalue weighted by molar-refractivity contribution is 0.0348. The van der Waals surface area contributed by atoms with Crippen LogP contribution in [0, 0.1) is 0 Å². The number of nitrogen functional groups attached to an aromatic ring is 1. The first kappa shape index (κ1) is 23.5. The van der Waals surface area contributed by atoms with E-state index in [1.54, 1.807) is 24.3 Å². The summed E-state index contributed by atoms with van der Waals surface area (Å²) in [6.45, 7) is 4.83. The topological polar surface area (TPSA) is 112 Å². The number of amides is 1. The molecule has 0 unspecified atom stereocenters. The molecule has 1 amide bonds. The quantitative estimate of drug-likeness (QED) is 0.390. The molecule has 3 N–H and O–H groups in total. The van der Waals surface area contributed by atoms with E-state index in [1.807, 2.05) is 30.3 Å². The van der Waals surface area contributed by atoms with Gasteiger partial charge in [0.25, 0.3) is 5.56 Å². The summed E-state index contributed by atoms with van der Waals surface area (Å²) in [6.07, 6.45) is 0.268. The Labute approximate surface area is 198 Å². The van der Waals surface area contributed by atoms with Gasteiger partial charge in [0.1, 0.15) is 0 Å². The zero-order valence-corrected chi connectivity index (χ0v) is 19.0. The molecule has 34 heavy (non-hydrogen) atoms. The van der Waals surface area contributed by atoms with Gasteiger partial charge >= 0.3 is 6.09 Å². The van der Waals surface area contributed by atoms with Gasteiger partial charge in [0.05, 0.1) is 32.1 Å². The van der Waals surface area contributed by atoms with Crippen LogP contribution in [0.4, 0.5) is 16.2 Å². The van der Waals surface area contributed by atoms with Crippen LogP contribution in [0.3, 0.4) is 0 Å². The third-order valence-corrected chi connectivity index (χ3v) is 5.51. The molecule has 178 valence electrons. The maximum absolute atomic E-state index is 12.4. The van der Waals surface area contributed by atoms with Crippen LogP contribution < -0.4 is 16.6 Å². The Morgan fingerprint density at radius 2 is 1.91 bits per heavy atom. The van der Waals surface area contributed by atoms with Crippen molar-refractivity contribution >= 4 is 17.5 Å². The highest BCUT2D eigenvalue weighted by atomic mass is 16.5. The van der Waals surface area contributed by atoms with Crippen molar-refractivity contribution in [1.29, 1.82) is 0 Å². The van der Waals surface area contributed by atoms with Gasteiger partial charge in [-0.3, -0.25) is 15.0 Å². The van der Waals surface area contributed by atoms with E-state index in [0.29, 0.717) is 23.7 Å². The van der Waals surface area contributed by atoms with E-state index < -0.39 is 6.09 Å². The lowest BCUT2D eigenvalue weighted by atomic mass is 10.1. The molecule has 0 saturated carbocycles. The van der Waals surface area contributed by atoms with E-state index in [1.165, 1.54) is 10.7 Å². The number of carbonyl (C=O) groups excluding carboxylic acids is 1. The summed E-state index contributed by atoms with van der Waals surface area (Å²) in [7, 11) is 0. The fraction of sp³-hybridized carbons (Fsp3) is 0.320. The summed E-state index contributed by atoms with van der Waals surface area (Å²) >= 11 is 0. The van der Waals surface area contributed by atoms with E-state index in [9.17, 15) is 9.59 Å². The predicted molar refractivity (Wildman–Crippen MR) is 131 cm³/mol. The fourth-order valence-electron chi connectivity index (χ4n) is 3.77. The third kappa shape index (κ3) is 6.66. The van der Waals surface area contributed by atoms with E-state index >= 15 is 0 Å². The summed E-state index contributed by atoms with van der Waals surface area (Å²) in [6, 6.07) is 17.8. The molecule has 9 heteroatoms. The highest BCUT2D eigenvalue weighted by Crippen LogP contribution is 2.18. The van der Waals surface area contributed by atoms with Gasteiger partial charge in [-0.1, -0.05) is 24.3 Å². The SMILES string of the molecule is Nc1cccc(-c2ccc(=O)n(Cc3cccc(NC(=O)OCCCN4CCOCC4)c3)n2)c1. The summed E-state index contributed by atoms with van der Waals surface area (Å²) in [5, 5.41) is 7.23. The molecule has 2 heterocycles. The molecule has 4 rings (SSSR count). The van der Waals surface area contributed by atoms with Gasteiger partial charge < -0.3 is 15.2 Å². The molecule has 2 aromatic carbocycles. The Morgan fingerprint density at radius 3 is 2.74 bits per heavy atom. The zero-order valence-electron chi connectivity index (χ0n) is 19.0. The lowest BCUT2D eigenvalue weighted by Crippen LogP contribution is -2.37. The molecule has 1 saturated heterocycles. The monoisotopic (exact) mass is 463 g/mol. The Morgan fingerprint density at radius 1 is 1.09 bits per heavy atom. The van der Waals surface area contributed by atoms with Gasteiger partial charge in [-0.2, -0.15) is 5.10 Å². The minimum absolute atomic E-state index is 0.217. The summed E-state index contributed by atoms with van der Waals surface area (Å²) in [5.74, 6) is 0. The largest absolute Gasteiger partial charge is 0.449 e. The molecule has 0 atom stereocenters. The summed E-state index contributed by atoms with van der Waals surface area (Å²) < 4.78 is 12.0. The molecule has 0 radical (unpaired) electrons. The second-order valence-corrected chi connectivity index (χ2v) is 8.11. The smallest absolute Gasteiger partial charge is 0.411 e. The maximum Gasteiger partial charge on any atom is 0.411 e. The molecular weight excluding hydrogens is 434 g/mol. The van der Waals surface area contributed by atoms with E-state index in [-0.39, 0.29) is 12.1 Å². The first-order chi connectivity index (χ1) is 16.6. The second-order valence-electron chi connectivity index (χ2n) is 8.11. The summed E-state index contributed by atoms with van der Waals surface area (Å²) in [5.41, 5.74) is 9.19. The van der Waals surface area contributed by atoms with E-state index in [4.69, 9.17) is 15.2 Å². The molecule has 1 fully saturated rings. The molecule has 0 aliphatic carbocycles. The Bertz CT molecular complexity index is 1170. The van der Waals surface area contributed by atoms with Gasteiger partial charge in [-0.05, 0) is 42.3 Å². The molecule has 0 bridgehead atoms. The van der Waals surface area contributed by atoms with Crippen molar-refractivity contribution in [1.82, 2.24) is 14.7 Å². The number of nitrogens with two attached hydrogens (primary N) is 1. The maximum atomic E-state index is 12.4. The number of ether oxygens (including phenoxy) is 2. The normalized spacial score (nSPS) is 14.0. The number of benzene rings is 2. The average molecular weight is 464 g/mol. The van der Waals surface area contributed by atoms with Crippen LogP contribution in [-0.2, 0) is 16.0 Å². The number of morpholine rings is 1. The van der Waals surface area contributed by atoms with Crippen LogP contribution in [0.2, 0.25) is 0 Å². The highest BCUT2D eigenvalue weighted by Gasteiger charge is 2.11. The van der Waals surface area contributed by atoms with Crippen LogP contribution in [0.25, 0.3) is 11.3 Å². The van der Waals surface area contributed by atoms with Gasteiger partial charge in [-0.15, -0.1) is 0 Å². The Hall–Kier alpha value is -3.69. The number of rotatable bonds is 8. The van der Waals surface area contributed by atoms with Crippen molar-refractivity contribution in [3.8, 4) is 11.3 Å². The first-order valence-electron chi connectivity index (χ1n) is 11.3. The van der Waals surface area contributed by atoms with Crippen molar-refractivity contribution < 1.29 is 14.3 Å². The van der Waals surface area contributed by atoms with Crippen molar-refractivity contribution in [2.45, 2.75) is 13.0 Å². The van der Waals surface area contributed by atoms with Crippen molar-refractivity contribution in [3.05, 3.63) is 76.6 Å². The molecule has 9 nitrogen and oxygen atoms in total. The molecule has 1 aliphatic heterocycles. The number of carbonyl (C=O) groups is 1. The average Bonchev–Trinajstić information content (AvgIpc) is 2.84. The van der Waals surface area contributed by atoms with Gasteiger partial charge in [0.2, 0.25) is 0 Å². The van der Waals surface area contributed by atoms with Crippen LogP contribution in [0.15, 0.2) is 65.5 Å². The Kier molecular flexibility index (Phi) is 7.90. The van der Waals surface area contributed by atoms with Crippen LogP contribution in [0.1, 0.15) is 12.0 Å². The van der Waals surface area contributed by atoms with Crippen molar-refractivity contribution in [2.24, 2.45) is 0 Å². The van der Waals surface area contributed by atoms with Gasteiger partial charge in [0, 0.05) is 42.6 Å². The number of hydrogen-bond acceptors (Lipinski definition) is 7. The third-order valence-electron chi connectivity index (χ3n) is 5.51. The van der Waals surface area contributed by atoms with Crippen LogP contribution in [0.5, 0.6) is 0 Å². The summed E-state index contributed by atoms with van der Waals surface area (Å²) in [4.78, 5) is 26.8. The van der Waals surface area contributed by atoms with E-state index in [0.717, 1.165) is 50.4 Å². The number of nitrogens with zero attached hydrogens (tertiary/aromatic N) is 3. The van der Waals surface area contributed by atoms with Crippen molar-refractivity contribution in [3.63, 3.8) is 0 Å². The van der Waals surface area contributed by atoms with Crippen LogP contribution in [-0.4, -0.2) is 60.2 Å². The minimum atomic E-state index is -0.502. The minimum Gasteiger partial charge on any atom is -0.449 e. The molecular formula is C25H29N5O4. The standard InChI is InChI=1S/C25H29N5O4/c26-21-6-2-5-20(17-21)23-8-9-24(31)30(28-23)18-19-4-1-7-22(16-19)27-25(32)34-13-3-10-29-11-14-33-15-12-29/h1-2,4-9,16-17H,3,10-15,18,26H2,(H,27,32). The zero-order chi connectivity index (χ0) is 23.8. The first-order valence-corrected chi connectivity index (χ1v) is 11.3. The van der Waals surface area contributed by atoms with Crippen molar-refractivity contribution in [2.75, 3.05) is 50.5 Å². The second kappa shape index (κ2) is 11.4. The number of anilines is 2. The number of aromatic nitrogens is 2.